The average molecular weight is 523 g/mol. The zero-order valence-electron chi connectivity index (χ0n) is 23.0. The van der Waals surface area contributed by atoms with Crippen molar-refractivity contribution in [3.05, 3.63) is 101 Å². The van der Waals surface area contributed by atoms with Gasteiger partial charge in [0.15, 0.2) is 0 Å². The van der Waals surface area contributed by atoms with E-state index in [4.69, 9.17) is 4.98 Å². The van der Waals surface area contributed by atoms with Crippen molar-refractivity contribution < 1.29 is 9.59 Å². The number of para-hydroxylation sites is 2. The number of imidazole rings is 1. The minimum absolute atomic E-state index is 0.0856. The smallest absolute Gasteiger partial charge is 0.251 e. The van der Waals surface area contributed by atoms with Gasteiger partial charge in [-0.3, -0.25) is 9.59 Å². The van der Waals surface area contributed by atoms with Crippen molar-refractivity contribution in [3.63, 3.8) is 0 Å². The molecule has 0 aliphatic heterocycles. The molecule has 39 heavy (non-hydrogen) atoms. The zero-order valence-corrected chi connectivity index (χ0v) is 23.0. The van der Waals surface area contributed by atoms with Gasteiger partial charge in [0.25, 0.3) is 5.91 Å². The van der Waals surface area contributed by atoms with Crippen molar-refractivity contribution >= 4 is 22.8 Å². The van der Waals surface area contributed by atoms with Gasteiger partial charge in [0.05, 0.1) is 11.0 Å². The minimum atomic E-state index is -0.0856. The topological polar surface area (TPSA) is 67.2 Å². The highest BCUT2D eigenvalue weighted by atomic mass is 16.2. The number of fused-ring (bicyclic) bond motifs is 1. The van der Waals surface area contributed by atoms with E-state index in [-0.39, 0.29) is 24.4 Å². The highest BCUT2D eigenvalue weighted by Gasteiger charge is 2.27. The lowest BCUT2D eigenvalue weighted by Gasteiger charge is -2.35. The third-order valence-electron chi connectivity index (χ3n) is 7.82. The highest BCUT2D eigenvalue weighted by molar-refractivity contribution is 5.95. The average Bonchev–Trinajstić information content (AvgIpc) is 3.29. The first-order chi connectivity index (χ1) is 19.0. The Morgan fingerprint density at radius 3 is 2.46 bits per heavy atom. The Balaban J connectivity index is 1.34. The van der Waals surface area contributed by atoms with Crippen LogP contribution in [0.25, 0.3) is 11.0 Å². The van der Waals surface area contributed by atoms with Gasteiger partial charge >= 0.3 is 0 Å². The number of nitrogens with zero attached hydrogens (tertiary/aromatic N) is 3. The molecular formula is C33H38N4O2. The van der Waals surface area contributed by atoms with E-state index in [9.17, 15) is 9.59 Å². The van der Waals surface area contributed by atoms with Gasteiger partial charge in [-0.15, -0.1) is 0 Å². The minimum Gasteiger partial charge on any atom is -0.352 e. The third kappa shape index (κ3) is 6.39. The molecule has 0 spiro atoms. The maximum absolute atomic E-state index is 13.9. The number of benzene rings is 3. The van der Waals surface area contributed by atoms with Crippen LogP contribution in [0.4, 0.5) is 0 Å². The lowest BCUT2D eigenvalue weighted by molar-refractivity contribution is -0.135. The fourth-order valence-electron chi connectivity index (χ4n) is 5.76. The number of amides is 2. The van der Waals surface area contributed by atoms with Gasteiger partial charge < -0.3 is 14.8 Å². The van der Waals surface area contributed by atoms with Crippen LogP contribution in [0.15, 0.2) is 72.8 Å². The molecule has 4 aromatic rings. The van der Waals surface area contributed by atoms with Gasteiger partial charge in [0.1, 0.15) is 12.4 Å². The number of aromatic nitrogens is 2. The Bertz CT molecular complexity index is 1440. The summed E-state index contributed by atoms with van der Waals surface area (Å²) < 4.78 is 2.04. The molecule has 5 rings (SSSR count). The molecule has 6 heteroatoms. The number of carbonyl (C=O) groups excluding carboxylic acids is 2. The van der Waals surface area contributed by atoms with E-state index in [1.165, 1.54) is 19.3 Å². The molecule has 6 nitrogen and oxygen atoms in total. The number of hydrogen-bond acceptors (Lipinski definition) is 3. The quantitative estimate of drug-likeness (QED) is 0.294. The molecule has 0 bridgehead atoms. The Labute approximate surface area is 231 Å². The summed E-state index contributed by atoms with van der Waals surface area (Å²) in [5.74, 6) is 0.848. The van der Waals surface area contributed by atoms with Crippen molar-refractivity contribution in [2.45, 2.75) is 71.5 Å². The van der Waals surface area contributed by atoms with E-state index < -0.39 is 0 Å². The number of hydrogen-bond donors (Lipinski definition) is 1. The second kappa shape index (κ2) is 12.3. The predicted molar refractivity (Wildman–Crippen MR) is 156 cm³/mol. The van der Waals surface area contributed by atoms with Gasteiger partial charge in [-0.25, -0.2) is 4.98 Å². The van der Waals surface area contributed by atoms with Crippen LogP contribution in [-0.2, 0) is 24.3 Å². The predicted octanol–water partition coefficient (Wildman–Crippen LogP) is 5.99. The molecule has 1 aliphatic carbocycles. The molecule has 1 aromatic heterocycles. The Kier molecular flexibility index (Phi) is 8.40. The summed E-state index contributed by atoms with van der Waals surface area (Å²) in [5, 5.41) is 3.05. The number of carbonyl (C=O) groups is 2. The van der Waals surface area contributed by atoms with Gasteiger partial charge in [0.2, 0.25) is 5.91 Å². The number of nitrogens with one attached hydrogen (secondary N) is 1. The highest BCUT2D eigenvalue weighted by Crippen LogP contribution is 2.25. The van der Waals surface area contributed by atoms with Crippen LogP contribution in [0.2, 0.25) is 0 Å². The molecule has 0 atom stereocenters. The summed E-state index contributed by atoms with van der Waals surface area (Å²) in [4.78, 5) is 33.7. The van der Waals surface area contributed by atoms with Crippen molar-refractivity contribution in [3.8, 4) is 0 Å². The standard InChI is InChI=1S/C33H38N4O2/c1-24-17-18-28(25(2)21-24)33(39)34-20-19-31-35-29-15-9-10-16-30(29)37(31)23-32(38)36(27-13-7-4-8-14-27)22-26-11-5-3-6-12-26/h3,5-6,9-12,15-18,21,27H,4,7-8,13-14,19-20,22-23H2,1-2H3,(H,34,39). The Morgan fingerprint density at radius 2 is 1.69 bits per heavy atom. The molecule has 1 aliphatic rings. The number of aryl methyl sites for hydroxylation is 2. The molecule has 0 radical (unpaired) electrons. The fraction of sp³-hybridized carbons (Fsp3) is 0.364. The van der Waals surface area contributed by atoms with Crippen LogP contribution in [0, 0.1) is 13.8 Å². The van der Waals surface area contributed by atoms with Gasteiger partial charge in [-0.1, -0.05) is 79.4 Å². The first kappa shape index (κ1) is 26.7. The van der Waals surface area contributed by atoms with Crippen molar-refractivity contribution in [1.82, 2.24) is 19.8 Å². The Hall–Kier alpha value is -3.93. The summed E-state index contributed by atoms with van der Waals surface area (Å²) in [6.07, 6.45) is 6.24. The summed E-state index contributed by atoms with van der Waals surface area (Å²) in [6, 6.07) is 24.4. The van der Waals surface area contributed by atoms with Crippen molar-refractivity contribution in [1.29, 1.82) is 0 Å². The zero-order chi connectivity index (χ0) is 27.2. The van der Waals surface area contributed by atoms with Crippen LogP contribution >= 0.6 is 0 Å². The van der Waals surface area contributed by atoms with Crippen LogP contribution in [0.5, 0.6) is 0 Å². The van der Waals surface area contributed by atoms with Crippen LogP contribution in [0.1, 0.15) is 65.0 Å². The lowest BCUT2D eigenvalue weighted by Crippen LogP contribution is -2.42. The summed E-state index contributed by atoms with van der Waals surface area (Å²) in [6.45, 7) is 5.29. The largest absolute Gasteiger partial charge is 0.352 e. The second-order valence-electron chi connectivity index (χ2n) is 10.7. The van der Waals surface area contributed by atoms with Crippen molar-refractivity contribution in [2.24, 2.45) is 0 Å². The first-order valence-electron chi connectivity index (χ1n) is 14.1. The van der Waals surface area contributed by atoms with E-state index in [0.29, 0.717) is 25.1 Å². The Morgan fingerprint density at radius 1 is 0.949 bits per heavy atom. The van der Waals surface area contributed by atoms with Gasteiger partial charge in [-0.2, -0.15) is 0 Å². The molecule has 3 aromatic carbocycles. The summed E-state index contributed by atoms with van der Waals surface area (Å²) in [5.41, 5.74) is 5.76. The molecule has 1 heterocycles. The van der Waals surface area contributed by atoms with Crippen LogP contribution < -0.4 is 5.32 Å². The molecule has 2 amide bonds. The summed E-state index contributed by atoms with van der Waals surface area (Å²) in [7, 11) is 0. The van der Waals surface area contributed by atoms with Crippen LogP contribution in [0.3, 0.4) is 0 Å². The maximum atomic E-state index is 13.9. The molecule has 1 N–H and O–H groups in total. The van der Waals surface area contributed by atoms with Crippen LogP contribution in [-0.4, -0.2) is 38.9 Å². The molecular weight excluding hydrogens is 484 g/mol. The molecule has 0 unspecified atom stereocenters. The third-order valence-corrected chi connectivity index (χ3v) is 7.82. The van der Waals surface area contributed by atoms with Gasteiger partial charge in [-0.05, 0) is 56.0 Å². The summed E-state index contributed by atoms with van der Waals surface area (Å²) >= 11 is 0. The lowest BCUT2D eigenvalue weighted by atomic mass is 9.93. The molecule has 1 saturated carbocycles. The SMILES string of the molecule is Cc1ccc(C(=O)NCCc2nc3ccccc3n2CC(=O)N(Cc2ccccc2)C2CCCCC2)c(C)c1. The second-order valence-corrected chi connectivity index (χ2v) is 10.7. The van der Waals surface area contributed by atoms with E-state index in [1.807, 2.05) is 79.1 Å². The van der Waals surface area contributed by atoms with Gasteiger partial charge in [0, 0.05) is 31.1 Å². The molecule has 202 valence electrons. The molecule has 0 saturated heterocycles. The van der Waals surface area contributed by atoms with Crippen molar-refractivity contribution in [2.75, 3.05) is 6.54 Å². The number of rotatable bonds is 9. The maximum Gasteiger partial charge on any atom is 0.251 e. The van der Waals surface area contributed by atoms with E-state index in [0.717, 1.165) is 46.4 Å². The first-order valence-corrected chi connectivity index (χ1v) is 14.1. The van der Waals surface area contributed by atoms with E-state index in [2.05, 4.69) is 22.3 Å². The normalized spacial score (nSPS) is 13.9. The van der Waals surface area contributed by atoms with E-state index in [1.54, 1.807) is 0 Å². The van der Waals surface area contributed by atoms with E-state index >= 15 is 0 Å². The monoisotopic (exact) mass is 522 g/mol. The fourth-order valence-corrected chi connectivity index (χ4v) is 5.76. The molecule has 1 fully saturated rings.